The lowest BCUT2D eigenvalue weighted by Gasteiger charge is -2.49. The van der Waals surface area contributed by atoms with E-state index in [1.54, 1.807) is 4.68 Å². The van der Waals surface area contributed by atoms with Gasteiger partial charge < -0.3 is 10.4 Å². The minimum absolute atomic E-state index is 0.159. The van der Waals surface area contributed by atoms with Gasteiger partial charge in [0.1, 0.15) is 0 Å². The second-order valence-electron chi connectivity index (χ2n) is 5.52. The Morgan fingerprint density at radius 3 is 2.68 bits per heavy atom. The molecule has 0 aliphatic heterocycles. The van der Waals surface area contributed by atoms with Crippen LogP contribution in [-0.4, -0.2) is 37.5 Å². The van der Waals surface area contributed by atoms with Gasteiger partial charge in [-0.1, -0.05) is 37.1 Å². The van der Waals surface area contributed by atoms with Crippen LogP contribution >= 0.6 is 0 Å². The second kappa shape index (κ2) is 4.31. The van der Waals surface area contributed by atoms with Crippen molar-refractivity contribution in [2.24, 2.45) is 5.41 Å². The van der Waals surface area contributed by atoms with Crippen molar-refractivity contribution >= 4 is 5.95 Å². The maximum absolute atomic E-state index is 9.76. The zero-order valence-electron chi connectivity index (χ0n) is 11.0. The molecule has 0 spiro atoms. The number of aromatic nitrogens is 4. The first kappa shape index (κ1) is 12.1. The highest BCUT2D eigenvalue weighted by atomic mass is 16.3. The van der Waals surface area contributed by atoms with E-state index in [1.807, 2.05) is 44.2 Å². The first-order valence-corrected chi connectivity index (χ1v) is 6.37. The molecule has 2 unspecified atom stereocenters. The summed E-state index contributed by atoms with van der Waals surface area (Å²) in [5.74, 6) is 0.608. The minimum atomic E-state index is -0.272. The summed E-state index contributed by atoms with van der Waals surface area (Å²) in [7, 11) is 0. The lowest BCUT2D eigenvalue weighted by atomic mass is 9.65. The van der Waals surface area contributed by atoms with Crippen molar-refractivity contribution in [3.05, 3.63) is 30.3 Å². The number of hydrogen-bond acceptors (Lipinski definition) is 5. The zero-order chi connectivity index (χ0) is 13.5. The van der Waals surface area contributed by atoms with Gasteiger partial charge >= 0.3 is 0 Å². The standard InChI is InChI=1S/C13H17N5O/c1-13(2)10(8-11(13)19)14-12-15-16-17-18(12)9-6-4-3-5-7-9/h3-7,10-11,19H,8H2,1-2H3,(H,14,15,17). The lowest BCUT2D eigenvalue weighted by molar-refractivity contribution is -0.0513. The highest BCUT2D eigenvalue weighted by Gasteiger charge is 2.47. The Labute approximate surface area is 111 Å². The molecule has 2 atom stereocenters. The van der Waals surface area contributed by atoms with Crippen LogP contribution in [0.5, 0.6) is 0 Å². The van der Waals surface area contributed by atoms with Gasteiger partial charge in [-0.05, 0) is 29.0 Å². The monoisotopic (exact) mass is 259 g/mol. The topological polar surface area (TPSA) is 75.9 Å². The summed E-state index contributed by atoms with van der Waals surface area (Å²) in [5, 5.41) is 24.8. The number of nitrogens with zero attached hydrogens (tertiary/aromatic N) is 4. The molecule has 1 aromatic carbocycles. The largest absolute Gasteiger partial charge is 0.392 e. The van der Waals surface area contributed by atoms with Crippen LogP contribution < -0.4 is 5.32 Å². The van der Waals surface area contributed by atoms with E-state index < -0.39 is 0 Å². The maximum atomic E-state index is 9.76. The molecule has 2 aromatic rings. The third-order valence-corrected chi connectivity index (χ3v) is 3.99. The molecule has 19 heavy (non-hydrogen) atoms. The van der Waals surface area contributed by atoms with Crippen LogP contribution in [0.25, 0.3) is 5.69 Å². The molecule has 1 heterocycles. The van der Waals surface area contributed by atoms with Crippen LogP contribution in [-0.2, 0) is 0 Å². The minimum Gasteiger partial charge on any atom is -0.392 e. The van der Waals surface area contributed by atoms with Crippen molar-refractivity contribution in [3.8, 4) is 5.69 Å². The molecule has 1 aromatic heterocycles. The number of aliphatic hydroxyl groups excluding tert-OH is 1. The average Bonchev–Trinajstić information content (AvgIpc) is 2.88. The van der Waals surface area contributed by atoms with E-state index in [0.717, 1.165) is 5.69 Å². The molecule has 100 valence electrons. The van der Waals surface area contributed by atoms with Crippen LogP contribution in [0, 0.1) is 5.41 Å². The van der Waals surface area contributed by atoms with Crippen LogP contribution in [0.3, 0.4) is 0 Å². The number of nitrogens with one attached hydrogen (secondary N) is 1. The molecule has 3 rings (SSSR count). The normalized spacial score (nSPS) is 24.8. The predicted molar refractivity (Wildman–Crippen MR) is 71.0 cm³/mol. The van der Waals surface area contributed by atoms with Crippen LogP contribution in [0.15, 0.2) is 30.3 Å². The van der Waals surface area contributed by atoms with Gasteiger partial charge in [-0.25, -0.2) is 0 Å². The van der Waals surface area contributed by atoms with E-state index in [2.05, 4.69) is 20.8 Å². The predicted octanol–water partition coefficient (Wildman–Crippen LogP) is 1.23. The molecule has 6 heteroatoms. The summed E-state index contributed by atoms with van der Waals surface area (Å²) in [6, 6.07) is 9.91. The summed E-state index contributed by atoms with van der Waals surface area (Å²) >= 11 is 0. The van der Waals surface area contributed by atoms with Crippen LogP contribution in [0.1, 0.15) is 20.3 Å². The van der Waals surface area contributed by atoms with Gasteiger partial charge in [0.2, 0.25) is 5.95 Å². The van der Waals surface area contributed by atoms with E-state index in [0.29, 0.717) is 12.4 Å². The molecule has 0 amide bonds. The van der Waals surface area contributed by atoms with Crippen molar-refractivity contribution in [1.82, 2.24) is 20.2 Å². The summed E-state index contributed by atoms with van der Waals surface area (Å²) in [6.07, 6.45) is 0.445. The molecule has 2 N–H and O–H groups in total. The van der Waals surface area contributed by atoms with Gasteiger partial charge in [-0.15, -0.1) is 0 Å². The third kappa shape index (κ3) is 1.98. The fourth-order valence-corrected chi connectivity index (χ4v) is 2.32. The smallest absolute Gasteiger partial charge is 0.247 e. The molecule has 1 aliphatic rings. The zero-order valence-corrected chi connectivity index (χ0v) is 11.0. The third-order valence-electron chi connectivity index (χ3n) is 3.99. The fourth-order valence-electron chi connectivity index (χ4n) is 2.32. The fraction of sp³-hybridized carbons (Fsp3) is 0.462. The molecule has 0 bridgehead atoms. The molecule has 1 aliphatic carbocycles. The Morgan fingerprint density at radius 1 is 1.32 bits per heavy atom. The highest BCUT2D eigenvalue weighted by Crippen LogP contribution is 2.41. The summed E-state index contributed by atoms with van der Waals surface area (Å²) in [4.78, 5) is 0. The molecular formula is C13H17N5O. The summed E-state index contributed by atoms with van der Waals surface area (Å²) in [6.45, 7) is 4.07. The van der Waals surface area contributed by atoms with Gasteiger partial charge in [-0.3, -0.25) is 0 Å². The number of para-hydroxylation sites is 1. The van der Waals surface area contributed by atoms with Gasteiger partial charge in [0.25, 0.3) is 0 Å². The summed E-state index contributed by atoms with van der Waals surface area (Å²) in [5.41, 5.74) is 0.751. The van der Waals surface area contributed by atoms with Gasteiger partial charge in [-0.2, -0.15) is 4.68 Å². The highest BCUT2D eigenvalue weighted by molar-refractivity contribution is 5.40. The maximum Gasteiger partial charge on any atom is 0.247 e. The number of benzene rings is 1. The first-order valence-electron chi connectivity index (χ1n) is 6.37. The number of rotatable bonds is 3. The van der Waals surface area contributed by atoms with E-state index in [9.17, 15) is 5.11 Å². The Bertz CT molecular complexity index is 565. The first-order chi connectivity index (χ1) is 9.09. The van der Waals surface area contributed by atoms with Gasteiger partial charge in [0, 0.05) is 11.5 Å². The second-order valence-corrected chi connectivity index (χ2v) is 5.52. The van der Waals surface area contributed by atoms with Crippen molar-refractivity contribution in [3.63, 3.8) is 0 Å². The van der Waals surface area contributed by atoms with Crippen molar-refractivity contribution < 1.29 is 5.11 Å². The van der Waals surface area contributed by atoms with Gasteiger partial charge in [0.05, 0.1) is 11.8 Å². The number of hydrogen-bond donors (Lipinski definition) is 2. The molecule has 1 saturated carbocycles. The van der Waals surface area contributed by atoms with E-state index >= 15 is 0 Å². The van der Waals surface area contributed by atoms with E-state index in [4.69, 9.17) is 0 Å². The molecule has 6 nitrogen and oxygen atoms in total. The van der Waals surface area contributed by atoms with Crippen molar-refractivity contribution in [2.45, 2.75) is 32.4 Å². The van der Waals surface area contributed by atoms with Crippen LogP contribution in [0.4, 0.5) is 5.95 Å². The van der Waals surface area contributed by atoms with Gasteiger partial charge in [0.15, 0.2) is 0 Å². The summed E-state index contributed by atoms with van der Waals surface area (Å²) < 4.78 is 1.67. The van der Waals surface area contributed by atoms with E-state index in [-0.39, 0.29) is 17.6 Å². The lowest BCUT2D eigenvalue weighted by Crippen LogP contribution is -2.57. The Morgan fingerprint density at radius 2 is 2.05 bits per heavy atom. The Balaban J connectivity index is 1.83. The van der Waals surface area contributed by atoms with E-state index in [1.165, 1.54) is 0 Å². The number of aliphatic hydroxyl groups is 1. The number of anilines is 1. The Hall–Kier alpha value is -1.95. The Kier molecular flexibility index (Phi) is 2.74. The van der Waals surface area contributed by atoms with Crippen LogP contribution in [0.2, 0.25) is 0 Å². The van der Waals surface area contributed by atoms with Crippen molar-refractivity contribution in [1.29, 1.82) is 0 Å². The molecule has 1 fully saturated rings. The molecular weight excluding hydrogens is 242 g/mol. The SMILES string of the molecule is CC1(C)C(O)CC1Nc1nnnn1-c1ccccc1. The quantitative estimate of drug-likeness (QED) is 0.867. The number of tetrazole rings is 1. The average molecular weight is 259 g/mol. The molecule has 0 radical (unpaired) electrons. The molecule has 0 saturated heterocycles. The van der Waals surface area contributed by atoms with Crippen molar-refractivity contribution in [2.75, 3.05) is 5.32 Å².